The lowest BCUT2D eigenvalue weighted by atomic mass is 9.73. The van der Waals surface area contributed by atoms with Gasteiger partial charge in [0.1, 0.15) is 11.2 Å². The topological polar surface area (TPSA) is 89.4 Å². The molecule has 1 aliphatic heterocycles. The summed E-state index contributed by atoms with van der Waals surface area (Å²) in [7, 11) is 0. The van der Waals surface area contributed by atoms with E-state index in [1.54, 1.807) is 0 Å². The fourth-order valence-electron chi connectivity index (χ4n) is 3.64. The van der Waals surface area contributed by atoms with Crippen LogP contribution in [0.1, 0.15) is 64.4 Å². The van der Waals surface area contributed by atoms with Gasteiger partial charge in [0.05, 0.1) is 11.8 Å². The highest BCUT2D eigenvalue weighted by atomic mass is 35.5. The number of aliphatic hydroxyl groups excluding tert-OH is 1. The van der Waals surface area contributed by atoms with Crippen molar-refractivity contribution in [3.63, 3.8) is 0 Å². The Hall–Kier alpha value is -1.11. The van der Waals surface area contributed by atoms with Crippen LogP contribution in [-0.4, -0.2) is 50.2 Å². The molecule has 2 atom stereocenters. The Morgan fingerprint density at radius 2 is 2.23 bits per heavy atom. The van der Waals surface area contributed by atoms with E-state index in [9.17, 15) is 15.0 Å². The average molecular weight is 386 g/mol. The van der Waals surface area contributed by atoms with Crippen LogP contribution in [0.15, 0.2) is 0 Å². The summed E-state index contributed by atoms with van der Waals surface area (Å²) in [4.78, 5) is 21.8. The zero-order valence-electron chi connectivity index (χ0n) is 16.1. The summed E-state index contributed by atoms with van der Waals surface area (Å²) >= 11 is 6.27. The van der Waals surface area contributed by atoms with Gasteiger partial charge >= 0.3 is 5.97 Å². The Kier molecular flexibility index (Phi) is 7.50. The molecule has 148 valence electrons. The molecule has 2 heterocycles. The summed E-state index contributed by atoms with van der Waals surface area (Å²) in [5.41, 5.74) is -0.280. The summed E-state index contributed by atoms with van der Waals surface area (Å²) in [6.07, 6.45) is 3.92. The maximum Gasteiger partial charge on any atom is 0.313 e. The van der Waals surface area contributed by atoms with Crippen molar-refractivity contribution < 1.29 is 15.0 Å². The molecule has 1 aromatic heterocycles. The molecule has 0 saturated carbocycles. The molecular weight excluding hydrogens is 354 g/mol. The number of imidazole rings is 1. The summed E-state index contributed by atoms with van der Waals surface area (Å²) in [5.74, 6) is 0.375. The van der Waals surface area contributed by atoms with Crippen molar-refractivity contribution in [3.05, 3.63) is 16.7 Å². The Morgan fingerprint density at radius 1 is 1.50 bits per heavy atom. The van der Waals surface area contributed by atoms with Crippen LogP contribution >= 0.6 is 11.6 Å². The van der Waals surface area contributed by atoms with Gasteiger partial charge in [0.2, 0.25) is 0 Å². The predicted octanol–water partition coefficient (Wildman–Crippen LogP) is 3.48. The molecule has 0 unspecified atom stereocenters. The molecular formula is C19H32ClN3O3. The first kappa shape index (κ1) is 21.2. The number of carbonyl (C=O) groups is 1. The molecule has 0 aromatic carbocycles. The summed E-state index contributed by atoms with van der Waals surface area (Å²) in [6.45, 7) is 7.79. The van der Waals surface area contributed by atoms with Gasteiger partial charge in [0.15, 0.2) is 5.15 Å². The number of nitrogens with zero attached hydrogens (tertiary/aromatic N) is 2. The number of rotatable bonds is 9. The molecule has 2 rings (SSSR count). The fraction of sp³-hybridized carbons (Fsp3) is 0.789. The van der Waals surface area contributed by atoms with E-state index >= 15 is 0 Å². The van der Waals surface area contributed by atoms with Crippen molar-refractivity contribution >= 4 is 17.6 Å². The average Bonchev–Trinajstić information content (AvgIpc) is 2.92. The maximum atomic E-state index is 12.1. The molecule has 6 nitrogen and oxygen atoms in total. The van der Waals surface area contributed by atoms with Crippen LogP contribution < -0.4 is 0 Å². The highest BCUT2D eigenvalue weighted by molar-refractivity contribution is 6.30. The number of hydrogen-bond acceptors (Lipinski definition) is 4. The number of carboxylic acid groups (broad SMARTS) is 1. The number of hydrogen-bond donors (Lipinski definition) is 3. The zero-order chi connectivity index (χ0) is 19.3. The third-order valence-corrected chi connectivity index (χ3v) is 5.69. The van der Waals surface area contributed by atoms with E-state index in [0.717, 1.165) is 37.2 Å². The van der Waals surface area contributed by atoms with Gasteiger partial charge in [-0.25, -0.2) is 4.98 Å². The first-order valence-electron chi connectivity index (χ1n) is 9.65. The molecule has 0 spiro atoms. The molecule has 26 heavy (non-hydrogen) atoms. The largest absolute Gasteiger partial charge is 0.481 e. The van der Waals surface area contributed by atoms with E-state index in [4.69, 9.17) is 11.6 Å². The molecule has 7 heteroatoms. The van der Waals surface area contributed by atoms with Crippen LogP contribution in [0.2, 0.25) is 5.15 Å². The second-order valence-electron chi connectivity index (χ2n) is 7.97. The fourth-order valence-corrected chi connectivity index (χ4v) is 3.85. The highest BCUT2D eigenvalue weighted by Gasteiger charge is 2.48. The predicted molar refractivity (Wildman–Crippen MR) is 102 cm³/mol. The monoisotopic (exact) mass is 385 g/mol. The van der Waals surface area contributed by atoms with Gasteiger partial charge in [0, 0.05) is 26.1 Å². The van der Waals surface area contributed by atoms with E-state index in [-0.39, 0.29) is 0 Å². The van der Waals surface area contributed by atoms with E-state index < -0.39 is 17.5 Å². The molecule has 1 saturated heterocycles. The maximum absolute atomic E-state index is 12.1. The zero-order valence-corrected chi connectivity index (χ0v) is 16.8. The summed E-state index contributed by atoms with van der Waals surface area (Å²) in [6, 6.07) is 0. The van der Waals surface area contributed by atoms with Gasteiger partial charge in [-0.15, -0.1) is 0 Å². The van der Waals surface area contributed by atoms with E-state index in [1.807, 2.05) is 0 Å². The number of aromatic amines is 1. The van der Waals surface area contributed by atoms with Gasteiger partial charge in [-0.2, -0.15) is 0 Å². The van der Waals surface area contributed by atoms with E-state index in [2.05, 4.69) is 35.6 Å². The van der Waals surface area contributed by atoms with Crippen molar-refractivity contribution in [2.24, 2.45) is 11.3 Å². The molecule has 0 bridgehead atoms. The normalized spacial score (nSPS) is 24.3. The number of H-pyrrole nitrogens is 1. The standard InChI is InChI=1S/C19H32ClN3O3/c1-4-5-6-16-21-14(17(20)22-16)11-23-10-8-15(24)19(12-23,18(25)26)9-7-13(2)3/h13,15,24H,4-12H2,1-3H3,(H,21,22)(H,25,26)/t15-,19+/m0/s1. The van der Waals surface area contributed by atoms with Crippen molar-refractivity contribution in [1.29, 1.82) is 0 Å². The molecule has 1 fully saturated rings. The molecule has 0 aliphatic carbocycles. The third-order valence-electron chi connectivity index (χ3n) is 5.38. The smallest absolute Gasteiger partial charge is 0.313 e. The Balaban J connectivity index is 2.11. The molecule has 1 aromatic rings. The molecule has 3 N–H and O–H groups in total. The number of carboxylic acids is 1. The van der Waals surface area contributed by atoms with Crippen molar-refractivity contribution in [1.82, 2.24) is 14.9 Å². The third kappa shape index (κ3) is 4.99. The number of unbranched alkanes of at least 4 members (excludes halogenated alkanes) is 1. The van der Waals surface area contributed by atoms with Crippen molar-refractivity contribution in [3.8, 4) is 0 Å². The quantitative estimate of drug-likeness (QED) is 0.605. The number of aromatic nitrogens is 2. The van der Waals surface area contributed by atoms with Crippen LogP contribution in [0.4, 0.5) is 0 Å². The van der Waals surface area contributed by atoms with Crippen LogP contribution in [0, 0.1) is 11.3 Å². The number of aliphatic carboxylic acids is 1. The van der Waals surface area contributed by atoms with Gasteiger partial charge in [-0.1, -0.05) is 38.8 Å². The first-order chi connectivity index (χ1) is 12.3. The molecule has 0 radical (unpaired) electrons. The Bertz CT molecular complexity index is 605. The van der Waals surface area contributed by atoms with Crippen molar-refractivity contribution in [2.75, 3.05) is 13.1 Å². The van der Waals surface area contributed by atoms with Crippen LogP contribution in [0.5, 0.6) is 0 Å². The van der Waals surface area contributed by atoms with Gasteiger partial charge in [-0.3, -0.25) is 9.69 Å². The minimum atomic E-state index is -1.11. The lowest BCUT2D eigenvalue weighted by Gasteiger charge is -2.43. The lowest BCUT2D eigenvalue weighted by molar-refractivity contribution is -0.165. The minimum absolute atomic E-state index is 0.329. The van der Waals surface area contributed by atoms with Crippen LogP contribution in [-0.2, 0) is 17.8 Å². The number of aryl methyl sites for hydroxylation is 1. The van der Waals surface area contributed by atoms with Crippen molar-refractivity contribution in [2.45, 2.75) is 71.9 Å². The minimum Gasteiger partial charge on any atom is -0.481 e. The van der Waals surface area contributed by atoms with E-state index in [0.29, 0.717) is 43.5 Å². The van der Waals surface area contributed by atoms with Crippen LogP contribution in [0.25, 0.3) is 0 Å². The molecule has 0 amide bonds. The number of halogens is 1. The SMILES string of the molecule is CCCCc1nc(Cl)c(CN2CC[C@H](O)[C@](CCC(C)C)(C(=O)O)C2)[nH]1. The summed E-state index contributed by atoms with van der Waals surface area (Å²) in [5, 5.41) is 20.8. The number of nitrogens with one attached hydrogen (secondary N) is 1. The second-order valence-corrected chi connectivity index (χ2v) is 8.32. The Morgan fingerprint density at radius 3 is 2.85 bits per heavy atom. The number of piperidine rings is 1. The Labute approximate surface area is 161 Å². The lowest BCUT2D eigenvalue weighted by Crippen LogP contribution is -2.55. The summed E-state index contributed by atoms with van der Waals surface area (Å²) < 4.78 is 0. The molecule has 1 aliphatic rings. The number of likely N-dealkylation sites (tertiary alicyclic amines) is 1. The van der Waals surface area contributed by atoms with Gasteiger partial charge in [0.25, 0.3) is 0 Å². The second kappa shape index (κ2) is 9.20. The van der Waals surface area contributed by atoms with Crippen LogP contribution in [0.3, 0.4) is 0 Å². The first-order valence-corrected chi connectivity index (χ1v) is 10.0. The highest BCUT2D eigenvalue weighted by Crippen LogP contribution is 2.37. The van der Waals surface area contributed by atoms with Gasteiger partial charge < -0.3 is 15.2 Å². The number of aliphatic hydroxyl groups is 1. The van der Waals surface area contributed by atoms with Gasteiger partial charge in [-0.05, 0) is 31.6 Å². The van der Waals surface area contributed by atoms with E-state index in [1.165, 1.54) is 0 Å².